The fraction of sp³-hybridized carbons (Fsp3) is 0.444. The Hall–Kier alpha value is -3.35. The van der Waals surface area contributed by atoms with Crippen LogP contribution in [0, 0.1) is 0 Å². The van der Waals surface area contributed by atoms with Crippen molar-refractivity contribution < 1.29 is 14.3 Å². The first kappa shape index (κ1) is 37.7. The number of carbonyl (C=O) groups is 2. The van der Waals surface area contributed by atoms with E-state index >= 15 is 0 Å². The molecule has 1 aromatic rings. The first-order valence-corrected chi connectivity index (χ1v) is 15.8. The molecule has 0 fully saturated rings. The summed E-state index contributed by atoms with van der Waals surface area (Å²) in [7, 11) is 0. The number of ether oxygens (including phenoxy) is 1. The predicted molar refractivity (Wildman–Crippen MR) is 182 cm³/mol. The molecule has 0 radical (unpaired) electrons. The van der Waals surface area contributed by atoms with Crippen molar-refractivity contribution in [2.45, 2.75) is 77.7 Å². The van der Waals surface area contributed by atoms with Crippen LogP contribution in [0.4, 0.5) is 0 Å². The molecule has 0 aliphatic carbocycles. The molecule has 0 aliphatic heterocycles. The minimum atomic E-state index is -1.01. The van der Waals surface area contributed by atoms with E-state index in [2.05, 4.69) is 95.8 Å². The molecule has 1 rings (SSSR count). The number of rotatable bonds is 23. The zero-order valence-corrected chi connectivity index (χ0v) is 27.1. The van der Waals surface area contributed by atoms with Gasteiger partial charge >= 0.3 is 0 Å². The number of allylic oxidation sites excluding steroid dienone is 12. The molecular weight excluding hydrogens is 558 g/mol. The van der Waals surface area contributed by atoms with Crippen molar-refractivity contribution in [3.05, 3.63) is 102 Å². The van der Waals surface area contributed by atoms with Crippen LogP contribution >= 0.6 is 11.6 Å². The van der Waals surface area contributed by atoms with Gasteiger partial charge in [-0.3, -0.25) is 9.59 Å². The topological polar surface area (TPSA) is 79.5 Å². The summed E-state index contributed by atoms with van der Waals surface area (Å²) in [6.45, 7) is 7.82. The molecule has 6 nitrogen and oxygen atoms in total. The van der Waals surface area contributed by atoms with Gasteiger partial charge < -0.3 is 20.7 Å². The molecule has 0 aliphatic rings. The lowest BCUT2D eigenvalue weighted by Gasteiger charge is -2.25. The molecule has 0 bridgehead atoms. The van der Waals surface area contributed by atoms with Crippen molar-refractivity contribution in [3.63, 3.8) is 0 Å². The average Bonchev–Trinajstić information content (AvgIpc) is 2.98. The molecule has 0 saturated heterocycles. The van der Waals surface area contributed by atoms with Crippen molar-refractivity contribution >= 4 is 23.4 Å². The minimum Gasteiger partial charge on any atom is -0.478 e. The van der Waals surface area contributed by atoms with Gasteiger partial charge in [0.15, 0.2) is 5.60 Å². The van der Waals surface area contributed by atoms with Gasteiger partial charge in [-0.15, -0.1) is 0 Å². The number of carbonyl (C=O) groups excluding carboxylic acids is 2. The molecule has 0 heterocycles. The van der Waals surface area contributed by atoms with E-state index in [1.807, 2.05) is 0 Å². The minimum absolute atomic E-state index is 0.0377. The summed E-state index contributed by atoms with van der Waals surface area (Å²) < 4.78 is 5.79. The first-order valence-electron chi connectivity index (χ1n) is 15.5. The number of nitrogens with one attached hydrogen (secondary N) is 3. The highest BCUT2D eigenvalue weighted by atomic mass is 35.5. The first-order chi connectivity index (χ1) is 20.8. The molecular formula is C36H52ClN3O3. The fourth-order valence-electron chi connectivity index (χ4n) is 3.68. The molecule has 1 aromatic carbocycles. The van der Waals surface area contributed by atoms with Gasteiger partial charge in [-0.25, -0.2) is 0 Å². The van der Waals surface area contributed by atoms with Crippen molar-refractivity contribution in [2.24, 2.45) is 0 Å². The highest BCUT2D eigenvalue weighted by Crippen LogP contribution is 2.20. The summed E-state index contributed by atoms with van der Waals surface area (Å²) in [4.78, 5) is 24.5. The van der Waals surface area contributed by atoms with Crippen LogP contribution in [0.25, 0.3) is 0 Å². The molecule has 2 amide bonds. The summed E-state index contributed by atoms with van der Waals surface area (Å²) in [5, 5.41) is 9.61. The van der Waals surface area contributed by atoms with Crippen molar-refractivity contribution in [3.8, 4) is 5.75 Å². The Morgan fingerprint density at radius 2 is 1.16 bits per heavy atom. The van der Waals surface area contributed by atoms with E-state index in [4.69, 9.17) is 16.3 Å². The van der Waals surface area contributed by atoms with Crippen molar-refractivity contribution in [1.29, 1.82) is 0 Å². The van der Waals surface area contributed by atoms with Gasteiger partial charge in [-0.1, -0.05) is 91.4 Å². The number of hydrogen-bond acceptors (Lipinski definition) is 4. The van der Waals surface area contributed by atoms with Crippen LogP contribution in [0.15, 0.2) is 97.2 Å². The highest BCUT2D eigenvalue weighted by molar-refractivity contribution is 6.30. The lowest BCUT2D eigenvalue weighted by Crippen LogP contribution is -2.48. The quantitative estimate of drug-likeness (QED) is 0.0874. The van der Waals surface area contributed by atoms with Crippen LogP contribution in [0.1, 0.15) is 72.1 Å². The van der Waals surface area contributed by atoms with Gasteiger partial charge in [-0.2, -0.15) is 0 Å². The molecule has 0 unspecified atom stereocenters. The van der Waals surface area contributed by atoms with Gasteiger partial charge in [0, 0.05) is 37.6 Å². The molecule has 0 aromatic heterocycles. The zero-order chi connectivity index (χ0) is 31.4. The molecule has 236 valence electrons. The second-order valence-electron chi connectivity index (χ2n) is 10.4. The van der Waals surface area contributed by atoms with Crippen LogP contribution in [0.2, 0.25) is 5.02 Å². The zero-order valence-electron chi connectivity index (χ0n) is 26.3. The van der Waals surface area contributed by atoms with Gasteiger partial charge in [-0.05, 0) is 83.1 Å². The lowest BCUT2D eigenvalue weighted by molar-refractivity contribution is -0.134. The van der Waals surface area contributed by atoms with E-state index < -0.39 is 5.60 Å². The third-order valence-corrected chi connectivity index (χ3v) is 6.33. The van der Waals surface area contributed by atoms with Crippen LogP contribution in [0.5, 0.6) is 5.75 Å². The molecule has 0 atom stereocenters. The van der Waals surface area contributed by atoms with Crippen LogP contribution in [-0.2, 0) is 9.59 Å². The van der Waals surface area contributed by atoms with E-state index in [0.29, 0.717) is 43.4 Å². The summed E-state index contributed by atoms with van der Waals surface area (Å²) in [6.07, 6.45) is 33.1. The van der Waals surface area contributed by atoms with Crippen molar-refractivity contribution in [2.75, 3.05) is 26.2 Å². The standard InChI is InChI=1S/C36H52ClN3O3/c1-4-5-6-7-8-9-10-11-12-13-14-15-16-17-18-19-20-21-22-23-34(41)39-30-28-38-29-31-40-35(42)36(2,3)43-33-26-24-32(37)25-27-33/h5-6,8-9,11-12,14-15,17-18,20-21,24-27,38H,4,7,10,13,16,19,22-23,28-31H2,1-3H3,(H,39,41)(H,40,42)/b6-5-,9-8-,12-11-,15-14-,18-17-,21-20-. The average molecular weight is 610 g/mol. The number of halogens is 1. The maximum atomic E-state index is 12.5. The van der Waals surface area contributed by atoms with Gasteiger partial charge in [0.25, 0.3) is 5.91 Å². The number of benzene rings is 1. The van der Waals surface area contributed by atoms with E-state index in [1.165, 1.54) is 0 Å². The maximum Gasteiger partial charge on any atom is 0.263 e. The van der Waals surface area contributed by atoms with Crippen LogP contribution in [0.3, 0.4) is 0 Å². The molecule has 7 heteroatoms. The predicted octanol–water partition coefficient (Wildman–Crippen LogP) is 7.80. The van der Waals surface area contributed by atoms with Gasteiger partial charge in [0.2, 0.25) is 5.91 Å². The Morgan fingerprint density at radius 3 is 1.67 bits per heavy atom. The molecule has 0 saturated carbocycles. The van der Waals surface area contributed by atoms with Crippen LogP contribution < -0.4 is 20.7 Å². The monoisotopic (exact) mass is 609 g/mol. The molecule has 0 spiro atoms. The largest absolute Gasteiger partial charge is 0.478 e. The Morgan fingerprint density at radius 1 is 0.698 bits per heavy atom. The van der Waals surface area contributed by atoms with E-state index in [0.717, 1.165) is 44.9 Å². The SMILES string of the molecule is CC/C=C\C/C=C\C/C=C\C/C=C\C/C=C\C/C=C\CCC(=O)NCCNCCNC(=O)C(C)(C)Oc1ccc(Cl)cc1. The van der Waals surface area contributed by atoms with Crippen molar-refractivity contribution in [1.82, 2.24) is 16.0 Å². The fourth-order valence-corrected chi connectivity index (χ4v) is 3.80. The number of amides is 2. The van der Waals surface area contributed by atoms with Gasteiger partial charge in [0.05, 0.1) is 0 Å². The Balaban J connectivity index is 1.98. The summed E-state index contributed by atoms with van der Waals surface area (Å²) in [5.41, 5.74) is -1.01. The van der Waals surface area contributed by atoms with E-state index in [9.17, 15) is 9.59 Å². The Bertz CT molecular complexity index is 1070. The lowest BCUT2D eigenvalue weighted by atomic mass is 10.1. The third-order valence-electron chi connectivity index (χ3n) is 6.08. The second kappa shape index (κ2) is 25.2. The molecule has 3 N–H and O–H groups in total. The summed E-state index contributed by atoms with van der Waals surface area (Å²) >= 11 is 5.89. The Kier molecular flexibility index (Phi) is 22.1. The smallest absolute Gasteiger partial charge is 0.263 e. The molecule has 43 heavy (non-hydrogen) atoms. The van der Waals surface area contributed by atoms with Gasteiger partial charge in [0.1, 0.15) is 5.75 Å². The maximum absolute atomic E-state index is 12.5. The summed E-state index contributed by atoms with van der Waals surface area (Å²) in [5.74, 6) is 0.418. The second-order valence-corrected chi connectivity index (χ2v) is 10.8. The Labute approximate surface area is 265 Å². The van der Waals surface area contributed by atoms with Crippen LogP contribution in [-0.4, -0.2) is 43.6 Å². The van der Waals surface area contributed by atoms with E-state index in [-0.39, 0.29) is 11.8 Å². The van der Waals surface area contributed by atoms with E-state index in [1.54, 1.807) is 38.1 Å². The highest BCUT2D eigenvalue weighted by Gasteiger charge is 2.29. The summed E-state index contributed by atoms with van der Waals surface area (Å²) in [6, 6.07) is 6.91. The normalized spacial score (nSPS) is 12.6. The number of hydrogen-bond donors (Lipinski definition) is 3. The third kappa shape index (κ3) is 21.9.